The Morgan fingerprint density at radius 2 is 2.21 bits per heavy atom. The standard InChI is InChI=1S/C13H23N5O/c1-18(2)9-3-8-15-12-5-4-11(10-16-12)17-13(19)6-7-14/h4-5,10H,3,6-9,14H2,1-2H3,(H,15,16)(H,17,19). The fraction of sp³-hybridized carbons (Fsp3) is 0.538. The maximum Gasteiger partial charge on any atom is 0.225 e. The van der Waals surface area contributed by atoms with E-state index in [2.05, 4.69) is 34.6 Å². The molecule has 0 saturated heterocycles. The van der Waals surface area contributed by atoms with Gasteiger partial charge >= 0.3 is 0 Å². The van der Waals surface area contributed by atoms with Crippen molar-refractivity contribution in [3.05, 3.63) is 18.3 Å². The van der Waals surface area contributed by atoms with Gasteiger partial charge in [-0.3, -0.25) is 4.79 Å². The number of rotatable bonds is 8. The van der Waals surface area contributed by atoms with E-state index in [-0.39, 0.29) is 5.91 Å². The summed E-state index contributed by atoms with van der Waals surface area (Å²) in [5, 5.41) is 5.97. The van der Waals surface area contributed by atoms with Gasteiger partial charge in [-0.05, 0) is 39.2 Å². The van der Waals surface area contributed by atoms with E-state index in [1.54, 1.807) is 6.20 Å². The van der Waals surface area contributed by atoms with Crippen molar-refractivity contribution in [2.75, 3.05) is 44.4 Å². The minimum Gasteiger partial charge on any atom is -0.370 e. The lowest BCUT2D eigenvalue weighted by Gasteiger charge is -2.10. The van der Waals surface area contributed by atoms with E-state index in [9.17, 15) is 4.79 Å². The number of aromatic nitrogens is 1. The first-order valence-corrected chi connectivity index (χ1v) is 6.46. The van der Waals surface area contributed by atoms with Crippen LogP contribution in [0.2, 0.25) is 0 Å². The molecule has 6 nitrogen and oxygen atoms in total. The van der Waals surface area contributed by atoms with E-state index in [4.69, 9.17) is 5.73 Å². The largest absolute Gasteiger partial charge is 0.370 e. The highest BCUT2D eigenvalue weighted by Crippen LogP contribution is 2.09. The second-order valence-electron chi connectivity index (χ2n) is 4.60. The number of hydrogen-bond donors (Lipinski definition) is 3. The summed E-state index contributed by atoms with van der Waals surface area (Å²) in [5.74, 6) is 0.728. The molecule has 0 fully saturated rings. The maximum absolute atomic E-state index is 11.3. The number of nitrogens with zero attached hydrogens (tertiary/aromatic N) is 2. The lowest BCUT2D eigenvalue weighted by Crippen LogP contribution is -2.17. The van der Waals surface area contributed by atoms with Crippen LogP contribution in [-0.4, -0.2) is 49.5 Å². The smallest absolute Gasteiger partial charge is 0.225 e. The number of nitrogens with one attached hydrogen (secondary N) is 2. The molecule has 1 amide bonds. The summed E-state index contributed by atoms with van der Waals surface area (Å²) < 4.78 is 0. The SMILES string of the molecule is CN(C)CCCNc1ccc(NC(=O)CCN)cn1. The molecule has 1 aromatic heterocycles. The molecule has 19 heavy (non-hydrogen) atoms. The summed E-state index contributed by atoms with van der Waals surface area (Å²) in [6.07, 6.45) is 3.02. The van der Waals surface area contributed by atoms with Crippen LogP contribution in [-0.2, 0) is 4.79 Å². The molecule has 6 heteroatoms. The second-order valence-corrected chi connectivity index (χ2v) is 4.60. The fourth-order valence-electron chi connectivity index (χ4n) is 1.54. The predicted octanol–water partition coefficient (Wildman–Crippen LogP) is 0.733. The van der Waals surface area contributed by atoms with Gasteiger partial charge in [0.15, 0.2) is 0 Å². The highest BCUT2D eigenvalue weighted by Gasteiger charge is 2.01. The van der Waals surface area contributed by atoms with Crippen molar-refractivity contribution in [1.29, 1.82) is 0 Å². The van der Waals surface area contributed by atoms with Crippen LogP contribution in [0, 0.1) is 0 Å². The van der Waals surface area contributed by atoms with Crippen LogP contribution < -0.4 is 16.4 Å². The number of carbonyl (C=O) groups excluding carboxylic acids is 1. The number of nitrogens with two attached hydrogens (primary N) is 1. The molecule has 0 saturated carbocycles. The third-order valence-corrected chi connectivity index (χ3v) is 2.51. The molecule has 0 aliphatic carbocycles. The molecule has 0 aromatic carbocycles. The molecule has 106 valence electrons. The van der Waals surface area contributed by atoms with Gasteiger partial charge in [-0.1, -0.05) is 0 Å². The van der Waals surface area contributed by atoms with Gasteiger partial charge in [-0.15, -0.1) is 0 Å². The van der Waals surface area contributed by atoms with Crippen LogP contribution in [0.25, 0.3) is 0 Å². The third kappa shape index (κ3) is 6.73. The predicted molar refractivity (Wildman–Crippen MR) is 78.2 cm³/mol. The molecule has 0 unspecified atom stereocenters. The fourth-order valence-corrected chi connectivity index (χ4v) is 1.54. The molecule has 0 radical (unpaired) electrons. The summed E-state index contributed by atoms with van der Waals surface area (Å²) >= 11 is 0. The van der Waals surface area contributed by atoms with Gasteiger partial charge in [-0.25, -0.2) is 4.98 Å². The molecule has 1 heterocycles. The van der Waals surface area contributed by atoms with Crippen LogP contribution in [0.1, 0.15) is 12.8 Å². The van der Waals surface area contributed by atoms with Gasteiger partial charge < -0.3 is 21.3 Å². The summed E-state index contributed by atoms with van der Waals surface area (Å²) in [6.45, 7) is 2.27. The van der Waals surface area contributed by atoms with Gasteiger partial charge in [-0.2, -0.15) is 0 Å². The lowest BCUT2D eigenvalue weighted by molar-refractivity contribution is -0.116. The lowest BCUT2D eigenvalue weighted by atomic mass is 10.3. The minimum atomic E-state index is -0.0870. The van der Waals surface area contributed by atoms with Crippen molar-refractivity contribution in [3.63, 3.8) is 0 Å². The van der Waals surface area contributed by atoms with Gasteiger partial charge in [0.05, 0.1) is 11.9 Å². The van der Waals surface area contributed by atoms with Crippen molar-refractivity contribution in [3.8, 4) is 0 Å². The quantitative estimate of drug-likeness (QED) is 0.604. The number of amides is 1. The molecule has 0 atom stereocenters. The van der Waals surface area contributed by atoms with E-state index in [1.807, 2.05) is 12.1 Å². The van der Waals surface area contributed by atoms with E-state index in [0.29, 0.717) is 18.7 Å². The third-order valence-electron chi connectivity index (χ3n) is 2.51. The highest BCUT2D eigenvalue weighted by atomic mass is 16.1. The summed E-state index contributed by atoms with van der Waals surface area (Å²) in [7, 11) is 4.11. The van der Waals surface area contributed by atoms with E-state index in [0.717, 1.165) is 25.3 Å². The molecule has 1 rings (SSSR count). The first kappa shape index (κ1) is 15.4. The average Bonchev–Trinajstić information content (AvgIpc) is 2.36. The topological polar surface area (TPSA) is 83.3 Å². The van der Waals surface area contributed by atoms with Crippen LogP contribution in [0.5, 0.6) is 0 Å². The number of carbonyl (C=O) groups is 1. The zero-order valence-corrected chi connectivity index (χ0v) is 11.6. The molecular formula is C13H23N5O. The number of anilines is 2. The van der Waals surface area contributed by atoms with Gasteiger partial charge in [0.1, 0.15) is 5.82 Å². The van der Waals surface area contributed by atoms with Crippen LogP contribution >= 0.6 is 0 Å². The highest BCUT2D eigenvalue weighted by molar-refractivity contribution is 5.90. The Hall–Kier alpha value is -1.66. The zero-order chi connectivity index (χ0) is 14.1. The van der Waals surface area contributed by atoms with Gasteiger partial charge in [0, 0.05) is 19.5 Å². The first-order chi connectivity index (χ1) is 9.11. The average molecular weight is 265 g/mol. The number of hydrogen-bond acceptors (Lipinski definition) is 5. The van der Waals surface area contributed by atoms with Crippen LogP contribution in [0.4, 0.5) is 11.5 Å². The monoisotopic (exact) mass is 265 g/mol. The Morgan fingerprint density at radius 1 is 1.42 bits per heavy atom. The maximum atomic E-state index is 11.3. The minimum absolute atomic E-state index is 0.0870. The first-order valence-electron chi connectivity index (χ1n) is 6.46. The molecule has 1 aromatic rings. The molecule has 0 aliphatic heterocycles. The van der Waals surface area contributed by atoms with Crippen LogP contribution in [0.15, 0.2) is 18.3 Å². The van der Waals surface area contributed by atoms with Gasteiger partial charge in [0.2, 0.25) is 5.91 Å². The van der Waals surface area contributed by atoms with Crippen molar-refractivity contribution < 1.29 is 4.79 Å². The normalized spacial score (nSPS) is 10.5. The Labute approximate surface area is 114 Å². The van der Waals surface area contributed by atoms with Gasteiger partial charge in [0.25, 0.3) is 0 Å². The van der Waals surface area contributed by atoms with E-state index < -0.39 is 0 Å². The molecule has 0 spiro atoms. The molecule has 4 N–H and O–H groups in total. The van der Waals surface area contributed by atoms with Crippen molar-refractivity contribution in [2.45, 2.75) is 12.8 Å². The zero-order valence-electron chi connectivity index (χ0n) is 11.6. The number of pyridine rings is 1. The van der Waals surface area contributed by atoms with E-state index >= 15 is 0 Å². The Kier molecular flexibility index (Phi) is 6.84. The Morgan fingerprint density at radius 3 is 2.79 bits per heavy atom. The Bertz CT molecular complexity index is 377. The van der Waals surface area contributed by atoms with Crippen molar-refractivity contribution in [1.82, 2.24) is 9.88 Å². The Balaban J connectivity index is 2.33. The van der Waals surface area contributed by atoms with Crippen molar-refractivity contribution in [2.24, 2.45) is 5.73 Å². The molecular weight excluding hydrogens is 242 g/mol. The molecule has 0 bridgehead atoms. The second kappa shape index (κ2) is 8.44. The van der Waals surface area contributed by atoms with Crippen LogP contribution in [0.3, 0.4) is 0 Å². The summed E-state index contributed by atoms with van der Waals surface area (Å²) in [5.41, 5.74) is 6.00. The summed E-state index contributed by atoms with van der Waals surface area (Å²) in [4.78, 5) is 17.7. The molecule has 0 aliphatic rings. The van der Waals surface area contributed by atoms with E-state index in [1.165, 1.54) is 0 Å². The van der Waals surface area contributed by atoms with Crippen molar-refractivity contribution >= 4 is 17.4 Å². The summed E-state index contributed by atoms with van der Waals surface area (Å²) in [6, 6.07) is 3.68.